The Bertz CT molecular complexity index is 182. The van der Waals surface area contributed by atoms with E-state index in [4.69, 9.17) is 10.8 Å². The Hall–Kier alpha value is -0.120. The third kappa shape index (κ3) is 4.09. The summed E-state index contributed by atoms with van der Waals surface area (Å²) in [4.78, 5) is 2.55. The lowest BCUT2D eigenvalue weighted by atomic mass is 9.96. The standard InChI is InChI=1S/C12H26N2O/c1-3-11-6-4-5-8-14(11)9-7-12(2,13)10-15/h11,15H,3-10,13H2,1-2H3. The van der Waals surface area contributed by atoms with Crippen LogP contribution in [0.5, 0.6) is 0 Å². The van der Waals surface area contributed by atoms with Crippen molar-refractivity contribution in [2.24, 2.45) is 5.73 Å². The van der Waals surface area contributed by atoms with Gasteiger partial charge >= 0.3 is 0 Å². The number of rotatable bonds is 5. The van der Waals surface area contributed by atoms with Crippen molar-refractivity contribution in [1.29, 1.82) is 0 Å². The number of hydrogen-bond acceptors (Lipinski definition) is 3. The Kier molecular flexibility index (Phi) is 5.03. The first-order chi connectivity index (χ1) is 7.09. The van der Waals surface area contributed by atoms with Gasteiger partial charge in [0.1, 0.15) is 0 Å². The molecule has 2 unspecified atom stereocenters. The Morgan fingerprint density at radius 1 is 1.47 bits per heavy atom. The lowest BCUT2D eigenvalue weighted by molar-refractivity contribution is 0.118. The first-order valence-electron chi connectivity index (χ1n) is 6.23. The molecular formula is C12H26N2O. The fraction of sp³-hybridized carbons (Fsp3) is 1.00. The molecule has 0 spiro atoms. The van der Waals surface area contributed by atoms with Gasteiger partial charge in [-0.2, -0.15) is 0 Å². The SMILES string of the molecule is CCC1CCCCN1CCC(C)(N)CO. The average Bonchev–Trinajstić information content (AvgIpc) is 2.27. The van der Waals surface area contributed by atoms with E-state index in [1.54, 1.807) is 0 Å². The zero-order valence-electron chi connectivity index (χ0n) is 10.2. The van der Waals surface area contributed by atoms with Crippen molar-refractivity contribution in [3.63, 3.8) is 0 Å². The van der Waals surface area contributed by atoms with E-state index in [0.717, 1.165) is 19.0 Å². The second-order valence-electron chi connectivity index (χ2n) is 5.16. The molecule has 1 fully saturated rings. The van der Waals surface area contributed by atoms with Crippen LogP contribution in [0.25, 0.3) is 0 Å². The molecule has 0 radical (unpaired) electrons. The quantitative estimate of drug-likeness (QED) is 0.726. The van der Waals surface area contributed by atoms with Gasteiger partial charge < -0.3 is 15.7 Å². The van der Waals surface area contributed by atoms with E-state index in [9.17, 15) is 0 Å². The van der Waals surface area contributed by atoms with E-state index < -0.39 is 5.54 Å². The molecule has 0 bridgehead atoms. The molecule has 0 aromatic rings. The summed E-state index contributed by atoms with van der Waals surface area (Å²) in [7, 11) is 0. The molecule has 3 N–H and O–H groups in total. The lowest BCUT2D eigenvalue weighted by Crippen LogP contribution is -2.46. The van der Waals surface area contributed by atoms with Gasteiger partial charge in [0.15, 0.2) is 0 Å². The Balaban J connectivity index is 2.35. The van der Waals surface area contributed by atoms with Gasteiger partial charge in [-0.1, -0.05) is 13.3 Å². The van der Waals surface area contributed by atoms with Crippen molar-refractivity contribution < 1.29 is 5.11 Å². The van der Waals surface area contributed by atoms with Gasteiger partial charge in [-0.05, 0) is 39.2 Å². The van der Waals surface area contributed by atoms with Crippen LogP contribution in [0.4, 0.5) is 0 Å². The van der Waals surface area contributed by atoms with Crippen molar-refractivity contribution >= 4 is 0 Å². The molecule has 1 heterocycles. The molecule has 3 nitrogen and oxygen atoms in total. The van der Waals surface area contributed by atoms with Gasteiger partial charge in [0, 0.05) is 18.1 Å². The summed E-state index contributed by atoms with van der Waals surface area (Å²) >= 11 is 0. The predicted molar refractivity (Wildman–Crippen MR) is 63.8 cm³/mol. The van der Waals surface area contributed by atoms with Gasteiger partial charge in [-0.15, -0.1) is 0 Å². The summed E-state index contributed by atoms with van der Waals surface area (Å²) in [5.41, 5.74) is 5.54. The van der Waals surface area contributed by atoms with E-state index in [1.165, 1.54) is 32.2 Å². The molecule has 0 aliphatic carbocycles. The third-order valence-corrected chi connectivity index (χ3v) is 3.55. The topological polar surface area (TPSA) is 49.5 Å². The largest absolute Gasteiger partial charge is 0.394 e. The first kappa shape index (κ1) is 12.9. The number of aliphatic hydroxyl groups is 1. The minimum absolute atomic E-state index is 0.0810. The van der Waals surface area contributed by atoms with E-state index in [2.05, 4.69) is 11.8 Å². The highest BCUT2D eigenvalue weighted by Gasteiger charge is 2.24. The second-order valence-corrected chi connectivity index (χ2v) is 5.16. The third-order valence-electron chi connectivity index (χ3n) is 3.55. The van der Waals surface area contributed by atoms with Crippen LogP contribution >= 0.6 is 0 Å². The molecule has 1 aliphatic rings. The molecule has 1 saturated heterocycles. The monoisotopic (exact) mass is 214 g/mol. The number of nitrogens with two attached hydrogens (primary N) is 1. The molecule has 1 rings (SSSR count). The van der Waals surface area contributed by atoms with E-state index in [1.807, 2.05) is 6.92 Å². The van der Waals surface area contributed by atoms with Gasteiger partial charge in [0.05, 0.1) is 6.61 Å². The van der Waals surface area contributed by atoms with Gasteiger partial charge in [-0.25, -0.2) is 0 Å². The van der Waals surface area contributed by atoms with Crippen LogP contribution in [-0.4, -0.2) is 41.3 Å². The van der Waals surface area contributed by atoms with Crippen molar-refractivity contribution in [1.82, 2.24) is 4.90 Å². The molecule has 90 valence electrons. The molecule has 0 amide bonds. The van der Waals surface area contributed by atoms with Crippen LogP contribution in [0, 0.1) is 0 Å². The Labute approximate surface area is 93.6 Å². The summed E-state index contributed by atoms with van der Waals surface area (Å²) in [5, 5.41) is 9.10. The maximum absolute atomic E-state index is 9.10. The number of aliphatic hydroxyl groups excluding tert-OH is 1. The highest BCUT2D eigenvalue weighted by Crippen LogP contribution is 2.20. The number of nitrogens with zero attached hydrogens (tertiary/aromatic N) is 1. The highest BCUT2D eigenvalue weighted by atomic mass is 16.3. The normalized spacial score (nSPS) is 27.6. The van der Waals surface area contributed by atoms with Crippen molar-refractivity contribution in [3.05, 3.63) is 0 Å². The first-order valence-corrected chi connectivity index (χ1v) is 6.23. The molecule has 1 aliphatic heterocycles. The average molecular weight is 214 g/mol. The van der Waals surface area contributed by atoms with Gasteiger partial charge in [0.25, 0.3) is 0 Å². The van der Waals surface area contributed by atoms with E-state index >= 15 is 0 Å². The molecule has 2 atom stereocenters. The van der Waals surface area contributed by atoms with Crippen molar-refractivity contribution in [2.45, 2.75) is 57.5 Å². The van der Waals surface area contributed by atoms with Crippen molar-refractivity contribution in [2.75, 3.05) is 19.7 Å². The maximum atomic E-state index is 9.10. The predicted octanol–water partition coefficient (Wildman–Crippen LogP) is 1.35. The molecule has 15 heavy (non-hydrogen) atoms. The molecule has 0 saturated carbocycles. The minimum Gasteiger partial charge on any atom is -0.394 e. The van der Waals surface area contributed by atoms with Crippen LogP contribution < -0.4 is 5.73 Å². The van der Waals surface area contributed by atoms with Gasteiger partial charge in [-0.3, -0.25) is 0 Å². The van der Waals surface area contributed by atoms with E-state index in [0.29, 0.717) is 0 Å². The fourth-order valence-corrected chi connectivity index (χ4v) is 2.29. The van der Waals surface area contributed by atoms with Crippen molar-refractivity contribution in [3.8, 4) is 0 Å². The Morgan fingerprint density at radius 3 is 2.80 bits per heavy atom. The second kappa shape index (κ2) is 5.83. The van der Waals surface area contributed by atoms with E-state index in [-0.39, 0.29) is 6.61 Å². The van der Waals surface area contributed by atoms with Crippen LogP contribution in [0.15, 0.2) is 0 Å². The molecule has 0 aromatic carbocycles. The summed E-state index contributed by atoms with van der Waals surface area (Å²) in [6, 6.07) is 0.744. The molecule has 0 aromatic heterocycles. The Morgan fingerprint density at radius 2 is 2.20 bits per heavy atom. The molecular weight excluding hydrogens is 188 g/mol. The minimum atomic E-state index is -0.407. The molecule has 3 heteroatoms. The number of likely N-dealkylation sites (tertiary alicyclic amines) is 1. The number of hydrogen-bond donors (Lipinski definition) is 2. The summed E-state index contributed by atoms with van der Waals surface area (Å²) in [6.45, 7) is 6.51. The van der Waals surface area contributed by atoms with Crippen LogP contribution in [-0.2, 0) is 0 Å². The summed E-state index contributed by atoms with van der Waals surface area (Å²) in [6.07, 6.45) is 6.14. The lowest BCUT2D eigenvalue weighted by Gasteiger charge is -2.37. The number of piperidine rings is 1. The zero-order valence-corrected chi connectivity index (χ0v) is 10.2. The van der Waals surface area contributed by atoms with Crippen LogP contribution in [0.3, 0.4) is 0 Å². The smallest absolute Gasteiger partial charge is 0.0608 e. The maximum Gasteiger partial charge on any atom is 0.0608 e. The van der Waals surface area contributed by atoms with Gasteiger partial charge in [0.2, 0.25) is 0 Å². The summed E-state index contributed by atoms with van der Waals surface area (Å²) < 4.78 is 0. The highest BCUT2D eigenvalue weighted by molar-refractivity contribution is 4.82. The fourth-order valence-electron chi connectivity index (χ4n) is 2.29. The van der Waals surface area contributed by atoms with Crippen LogP contribution in [0.1, 0.15) is 46.0 Å². The summed E-state index contributed by atoms with van der Waals surface area (Å²) in [5.74, 6) is 0. The zero-order chi connectivity index (χ0) is 11.3. The van der Waals surface area contributed by atoms with Crippen LogP contribution in [0.2, 0.25) is 0 Å².